The van der Waals surface area contributed by atoms with E-state index < -0.39 is 0 Å². The maximum Gasteiger partial charge on any atom is 0.271 e. The van der Waals surface area contributed by atoms with Crippen molar-refractivity contribution in [2.75, 3.05) is 0 Å². The van der Waals surface area contributed by atoms with Crippen molar-refractivity contribution in [2.24, 2.45) is 5.10 Å². The average Bonchev–Trinajstić information content (AvgIpc) is 2.56. The molecule has 0 saturated carbocycles. The molecule has 21 heavy (non-hydrogen) atoms. The number of hydrazone groups is 1. The van der Waals surface area contributed by atoms with Crippen LogP contribution in [0, 0.1) is 0 Å². The van der Waals surface area contributed by atoms with E-state index in [1.165, 1.54) is 0 Å². The Morgan fingerprint density at radius 3 is 2.71 bits per heavy atom. The lowest BCUT2D eigenvalue weighted by molar-refractivity contribution is 0.0955. The summed E-state index contributed by atoms with van der Waals surface area (Å²) < 4.78 is 0. The molecule has 0 atom stereocenters. The number of nitrogens with zero attached hydrogens (tertiary/aromatic N) is 4. The summed E-state index contributed by atoms with van der Waals surface area (Å²) in [5, 5.41) is 3.96. The van der Waals surface area contributed by atoms with Crippen LogP contribution in [0.2, 0.25) is 0 Å². The first-order valence-electron chi connectivity index (χ1n) is 6.28. The van der Waals surface area contributed by atoms with Gasteiger partial charge in [0.15, 0.2) is 0 Å². The molecule has 0 radical (unpaired) electrons. The fourth-order valence-corrected chi connectivity index (χ4v) is 1.85. The molecule has 0 bridgehead atoms. The minimum Gasteiger partial charge on any atom is -0.267 e. The quantitative estimate of drug-likeness (QED) is 0.584. The molecule has 0 spiro atoms. The normalized spacial score (nSPS) is 10.9. The van der Waals surface area contributed by atoms with Gasteiger partial charge in [0, 0.05) is 35.9 Å². The van der Waals surface area contributed by atoms with Crippen molar-refractivity contribution in [1.82, 2.24) is 20.4 Å². The molecule has 1 amide bonds. The number of benzene rings is 1. The highest BCUT2D eigenvalue weighted by atomic mass is 16.2. The van der Waals surface area contributed by atoms with Gasteiger partial charge in [0.1, 0.15) is 0 Å². The number of nitrogens with one attached hydrogen (secondary N) is 1. The van der Waals surface area contributed by atoms with Crippen LogP contribution in [0.25, 0.3) is 11.0 Å². The number of amides is 1. The van der Waals surface area contributed by atoms with Crippen LogP contribution in [0.15, 0.2) is 60.2 Å². The standard InChI is InChI=1S/C15H11N5O/c21-15(11-4-6-16-7-5-11)20-19-10-12-2-1-3-13-14(12)18-9-8-17-13/h1-10H,(H,20,21)/b19-10-. The summed E-state index contributed by atoms with van der Waals surface area (Å²) in [6.07, 6.45) is 7.91. The molecule has 2 heterocycles. The molecule has 2 aromatic heterocycles. The SMILES string of the molecule is O=C(N/N=C\c1cccc2nccnc12)c1ccncc1. The topological polar surface area (TPSA) is 80.1 Å². The second-order valence-corrected chi connectivity index (χ2v) is 4.21. The van der Waals surface area contributed by atoms with E-state index in [2.05, 4.69) is 25.5 Å². The largest absolute Gasteiger partial charge is 0.271 e. The van der Waals surface area contributed by atoms with E-state index in [-0.39, 0.29) is 5.91 Å². The molecule has 0 aliphatic heterocycles. The third kappa shape index (κ3) is 2.89. The van der Waals surface area contributed by atoms with Crippen molar-refractivity contribution in [3.05, 3.63) is 66.2 Å². The molecule has 102 valence electrons. The summed E-state index contributed by atoms with van der Waals surface area (Å²) in [6, 6.07) is 8.83. The van der Waals surface area contributed by atoms with Gasteiger partial charge in [0.2, 0.25) is 0 Å². The lowest BCUT2D eigenvalue weighted by Gasteiger charge is -2.00. The minimum atomic E-state index is -0.292. The van der Waals surface area contributed by atoms with E-state index >= 15 is 0 Å². The van der Waals surface area contributed by atoms with Crippen molar-refractivity contribution in [1.29, 1.82) is 0 Å². The molecular weight excluding hydrogens is 266 g/mol. The summed E-state index contributed by atoms with van der Waals surface area (Å²) in [5.74, 6) is -0.292. The van der Waals surface area contributed by atoms with Crippen LogP contribution in [-0.4, -0.2) is 27.1 Å². The lowest BCUT2D eigenvalue weighted by Crippen LogP contribution is -2.17. The molecule has 1 N–H and O–H groups in total. The Kier molecular flexibility index (Phi) is 3.60. The number of aromatic nitrogens is 3. The molecule has 6 nitrogen and oxygen atoms in total. The maximum absolute atomic E-state index is 11.8. The van der Waals surface area contributed by atoms with Crippen molar-refractivity contribution in [3.63, 3.8) is 0 Å². The zero-order valence-corrected chi connectivity index (χ0v) is 11.0. The number of carbonyl (C=O) groups excluding carboxylic acids is 1. The molecule has 0 aliphatic rings. The summed E-state index contributed by atoms with van der Waals surface area (Å²) in [7, 11) is 0. The molecule has 3 rings (SSSR count). The predicted octanol–water partition coefficient (Wildman–Crippen LogP) is 1.79. The third-order valence-corrected chi connectivity index (χ3v) is 2.84. The fourth-order valence-electron chi connectivity index (χ4n) is 1.85. The van der Waals surface area contributed by atoms with Crippen LogP contribution >= 0.6 is 0 Å². The number of rotatable bonds is 3. The minimum absolute atomic E-state index is 0.292. The first kappa shape index (κ1) is 12.9. The summed E-state index contributed by atoms with van der Waals surface area (Å²) in [5.41, 5.74) is 5.27. The fraction of sp³-hybridized carbons (Fsp3) is 0. The third-order valence-electron chi connectivity index (χ3n) is 2.84. The van der Waals surface area contributed by atoms with E-state index in [0.717, 1.165) is 16.6 Å². The highest BCUT2D eigenvalue weighted by Gasteiger charge is 2.03. The van der Waals surface area contributed by atoms with E-state index in [1.54, 1.807) is 43.1 Å². The highest BCUT2D eigenvalue weighted by Crippen LogP contribution is 2.11. The number of hydrogen-bond donors (Lipinski definition) is 1. The monoisotopic (exact) mass is 277 g/mol. The zero-order chi connectivity index (χ0) is 14.5. The zero-order valence-electron chi connectivity index (χ0n) is 11.0. The van der Waals surface area contributed by atoms with Gasteiger partial charge in [-0.1, -0.05) is 12.1 Å². The van der Waals surface area contributed by atoms with Crippen LogP contribution in [0.5, 0.6) is 0 Å². The van der Waals surface area contributed by atoms with Crippen molar-refractivity contribution < 1.29 is 4.79 Å². The van der Waals surface area contributed by atoms with Crippen molar-refractivity contribution in [3.8, 4) is 0 Å². The molecule has 0 unspecified atom stereocenters. The number of pyridine rings is 1. The van der Waals surface area contributed by atoms with Gasteiger partial charge in [-0.25, -0.2) is 5.43 Å². The van der Waals surface area contributed by atoms with E-state index in [1.807, 2.05) is 18.2 Å². The Labute approximate surface area is 120 Å². The van der Waals surface area contributed by atoms with Crippen molar-refractivity contribution >= 4 is 23.2 Å². The van der Waals surface area contributed by atoms with Gasteiger partial charge in [0.05, 0.1) is 17.2 Å². The lowest BCUT2D eigenvalue weighted by atomic mass is 10.2. The van der Waals surface area contributed by atoms with E-state index in [9.17, 15) is 4.79 Å². The Balaban J connectivity index is 1.78. The smallest absolute Gasteiger partial charge is 0.267 e. The van der Waals surface area contributed by atoms with Gasteiger partial charge < -0.3 is 0 Å². The molecule has 3 aromatic rings. The van der Waals surface area contributed by atoms with Crippen LogP contribution in [0.3, 0.4) is 0 Å². The molecule has 0 fully saturated rings. The number of hydrogen-bond acceptors (Lipinski definition) is 5. The van der Waals surface area contributed by atoms with Crippen LogP contribution in [-0.2, 0) is 0 Å². The predicted molar refractivity (Wildman–Crippen MR) is 78.8 cm³/mol. The second kappa shape index (κ2) is 5.87. The molecular formula is C15H11N5O. The Bertz CT molecular complexity index is 796. The molecule has 0 aliphatic carbocycles. The Morgan fingerprint density at radius 2 is 1.86 bits per heavy atom. The van der Waals surface area contributed by atoms with Gasteiger partial charge in [-0.2, -0.15) is 5.10 Å². The van der Waals surface area contributed by atoms with E-state index in [0.29, 0.717) is 5.56 Å². The summed E-state index contributed by atoms with van der Waals surface area (Å²) in [6.45, 7) is 0. The second-order valence-electron chi connectivity index (χ2n) is 4.21. The maximum atomic E-state index is 11.8. The van der Waals surface area contributed by atoms with Gasteiger partial charge in [-0.15, -0.1) is 0 Å². The van der Waals surface area contributed by atoms with Crippen LogP contribution in [0.1, 0.15) is 15.9 Å². The number of para-hydroxylation sites is 1. The number of fused-ring (bicyclic) bond motifs is 1. The summed E-state index contributed by atoms with van der Waals surface area (Å²) in [4.78, 5) is 24.2. The van der Waals surface area contributed by atoms with Gasteiger partial charge in [0.25, 0.3) is 5.91 Å². The van der Waals surface area contributed by atoms with Gasteiger partial charge in [-0.05, 0) is 18.2 Å². The number of carbonyl (C=O) groups is 1. The van der Waals surface area contributed by atoms with Crippen LogP contribution < -0.4 is 5.43 Å². The Hall–Kier alpha value is -3.15. The van der Waals surface area contributed by atoms with Gasteiger partial charge in [-0.3, -0.25) is 19.7 Å². The average molecular weight is 277 g/mol. The molecule has 1 aromatic carbocycles. The Morgan fingerprint density at radius 1 is 1.05 bits per heavy atom. The summed E-state index contributed by atoms with van der Waals surface area (Å²) >= 11 is 0. The highest BCUT2D eigenvalue weighted by molar-refractivity contribution is 5.98. The molecule has 0 saturated heterocycles. The first-order valence-corrected chi connectivity index (χ1v) is 6.28. The molecule has 6 heteroatoms. The van der Waals surface area contributed by atoms with Crippen LogP contribution in [0.4, 0.5) is 0 Å². The van der Waals surface area contributed by atoms with E-state index in [4.69, 9.17) is 0 Å². The van der Waals surface area contributed by atoms with Gasteiger partial charge >= 0.3 is 0 Å². The first-order chi connectivity index (χ1) is 10.3. The van der Waals surface area contributed by atoms with Crippen molar-refractivity contribution in [2.45, 2.75) is 0 Å².